The van der Waals surface area contributed by atoms with Crippen molar-refractivity contribution < 1.29 is 4.79 Å². The number of nitrogens with one attached hydrogen (secondary N) is 2. The van der Waals surface area contributed by atoms with Crippen molar-refractivity contribution in [1.29, 1.82) is 0 Å². The number of hydrogen-bond donors (Lipinski definition) is 2. The summed E-state index contributed by atoms with van der Waals surface area (Å²) in [6.45, 7) is 5.30. The lowest BCUT2D eigenvalue weighted by molar-refractivity contribution is 0.262. The molecule has 2 aromatic rings. The second-order valence-corrected chi connectivity index (χ2v) is 6.65. The molecule has 0 aliphatic carbocycles. The minimum atomic E-state index is -0.298. The van der Waals surface area contributed by atoms with Crippen LogP contribution in [0.3, 0.4) is 0 Å². The second kappa shape index (κ2) is 7.69. The highest BCUT2D eigenvalue weighted by Crippen LogP contribution is 2.23. The molecule has 1 saturated heterocycles. The Morgan fingerprint density at radius 1 is 1.08 bits per heavy atom. The van der Waals surface area contributed by atoms with E-state index in [2.05, 4.69) is 27.7 Å². The molecule has 2 amide bonds. The van der Waals surface area contributed by atoms with Gasteiger partial charge in [0.1, 0.15) is 0 Å². The normalized spacial score (nSPS) is 14.6. The maximum atomic E-state index is 12.1. The Kier molecular flexibility index (Phi) is 5.38. The quantitative estimate of drug-likeness (QED) is 0.830. The van der Waals surface area contributed by atoms with Gasteiger partial charge in [-0.2, -0.15) is 0 Å². The Hall–Kier alpha value is -2.04. The smallest absolute Gasteiger partial charge is 0.308 e. The Bertz CT molecular complexity index is 709. The maximum absolute atomic E-state index is 12.1. The van der Waals surface area contributed by atoms with Gasteiger partial charge in [-0.3, -0.25) is 4.90 Å². The van der Waals surface area contributed by atoms with Crippen LogP contribution in [0.1, 0.15) is 24.0 Å². The molecule has 0 bridgehead atoms. The second-order valence-electron chi connectivity index (χ2n) is 6.24. The zero-order valence-electron chi connectivity index (χ0n) is 13.8. The van der Waals surface area contributed by atoms with Crippen LogP contribution in [0.4, 0.5) is 16.2 Å². The number of aryl methyl sites for hydroxylation is 1. The Labute approximate surface area is 147 Å². The Morgan fingerprint density at radius 2 is 1.79 bits per heavy atom. The van der Waals surface area contributed by atoms with Crippen molar-refractivity contribution in [3.05, 3.63) is 58.6 Å². The van der Waals surface area contributed by atoms with Gasteiger partial charge in [-0.1, -0.05) is 29.8 Å². The van der Waals surface area contributed by atoms with Crippen molar-refractivity contribution in [2.75, 3.05) is 23.7 Å². The molecule has 0 unspecified atom stereocenters. The molecule has 1 fully saturated rings. The van der Waals surface area contributed by atoms with E-state index in [1.54, 1.807) is 6.07 Å². The zero-order chi connectivity index (χ0) is 16.9. The monoisotopic (exact) mass is 343 g/mol. The van der Waals surface area contributed by atoms with Crippen LogP contribution in [0.15, 0.2) is 42.5 Å². The van der Waals surface area contributed by atoms with Crippen LogP contribution >= 0.6 is 11.6 Å². The molecule has 0 atom stereocenters. The van der Waals surface area contributed by atoms with Gasteiger partial charge in [-0.25, -0.2) is 4.79 Å². The van der Waals surface area contributed by atoms with E-state index in [1.165, 1.54) is 31.5 Å². The van der Waals surface area contributed by atoms with Gasteiger partial charge in [-0.15, -0.1) is 0 Å². The van der Waals surface area contributed by atoms with Crippen molar-refractivity contribution in [3.8, 4) is 0 Å². The summed E-state index contributed by atoms with van der Waals surface area (Å²) in [5, 5.41) is 6.13. The first-order valence-electron chi connectivity index (χ1n) is 8.25. The van der Waals surface area contributed by atoms with E-state index < -0.39 is 0 Å². The number of carbonyl (C=O) groups excluding carboxylic acids is 1. The minimum absolute atomic E-state index is 0.298. The van der Waals surface area contributed by atoms with Gasteiger partial charge in [0, 0.05) is 12.2 Å². The highest BCUT2D eigenvalue weighted by Gasteiger charge is 2.11. The van der Waals surface area contributed by atoms with Gasteiger partial charge >= 0.3 is 6.03 Å². The first-order chi connectivity index (χ1) is 11.6. The molecule has 2 aromatic carbocycles. The fraction of sp³-hybridized carbons (Fsp3) is 0.316. The van der Waals surface area contributed by atoms with Gasteiger partial charge in [0.15, 0.2) is 0 Å². The number of rotatable bonds is 4. The number of nitrogens with zero attached hydrogens (tertiary/aromatic N) is 1. The van der Waals surface area contributed by atoms with E-state index in [4.69, 9.17) is 11.6 Å². The topological polar surface area (TPSA) is 44.4 Å². The molecule has 4 nitrogen and oxygen atoms in total. The summed E-state index contributed by atoms with van der Waals surface area (Å²) in [4.78, 5) is 14.5. The van der Waals surface area contributed by atoms with Crippen LogP contribution in [-0.2, 0) is 6.54 Å². The minimum Gasteiger partial charge on any atom is -0.308 e. The number of urea groups is 1. The fourth-order valence-electron chi connectivity index (χ4n) is 2.90. The van der Waals surface area contributed by atoms with Gasteiger partial charge in [0.2, 0.25) is 0 Å². The zero-order valence-corrected chi connectivity index (χ0v) is 14.6. The third-order valence-electron chi connectivity index (χ3n) is 4.19. The molecule has 24 heavy (non-hydrogen) atoms. The first kappa shape index (κ1) is 16.8. The van der Waals surface area contributed by atoms with Gasteiger partial charge in [0.05, 0.1) is 10.7 Å². The molecule has 3 rings (SSSR count). The summed E-state index contributed by atoms with van der Waals surface area (Å²) in [5.41, 5.74) is 3.69. The molecule has 1 heterocycles. The van der Waals surface area contributed by atoms with E-state index in [1.807, 2.05) is 31.2 Å². The maximum Gasteiger partial charge on any atom is 0.323 e. The van der Waals surface area contributed by atoms with Crippen molar-refractivity contribution in [1.82, 2.24) is 4.90 Å². The highest BCUT2D eigenvalue weighted by atomic mass is 35.5. The summed E-state index contributed by atoms with van der Waals surface area (Å²) in [6, 6.07) is 13.2. The van der Waals surface area contributed by atoms with Gasteiger partial charge in [0.25, 0.3) is 0 Å². The van der Waals surface area contributed by atoms with Gasteiger partial charge in [-0.05, 0) is 68.2 Å². The lowest BCUT2D eigenvalue weighted by atomic mass is 10.2. The lowest BCUT2D eigenvalue weighted by Gasteiger charge is -2.15. The van der Waals surface area contributed by atoms with Crippen LogP contribution in [-0.4, -0.2) is 24.0 Å². The number of amides is 2. The SMILES string of the molecule is Cc1ccc(NC(=O)Nc2ccc(CN3CCCC3)cc2)c(Cl)c1. The number of likely N-dealkylation sites (tertiary alicyclic amines) is 1. The average molecular weight is 344 g/mol. The summed E-state index contributed by atoms with van der Waals surface area (Å²) in [5.74, 6) is 0. The Balaban J connectivity index is 1.55. The standard InChI is InChI=1S/C19H22ClN3O/c1-14-4-9-18(17(20)12-14)22-19(24)21-16-7-5-15(6-8-16)13-23-10-2-3-11-23/h4-9,12H,2-3,10-11,13H2,1H3,(H2,21,22,24). The number of halogens is 1. The van der Waals surface area contributed by atoms with Gasteiger partial charge < -0.3 is 10.6 Å². The van der Waals surface area contributed by atoms with Crippen molar-refractivity contribution in [2.45, 2.75) is 26.3 Å². The number of anilines is 2. The predicted octanol–water partition coefficient (Wildman–Crippen LogP) is 4.89. The van der Waals surface area contributed by atoms with E-state index in [-0.39, 0.29) is 6.03 Å². The number of carbonyl (C=O) groups is 1. The molecule has 1 aliphatic rings. The largest absolute Gasteiger partial charge is 0.323 e. The molecule has 0 aromatic heterocycles. The van der Waals surface area contributed by atoms with E-state index >= 15 is 0 Å². The summed E-state index contributed by atoms with van der Waals surface area (Å²) >= 11 is 6.13. The number of benzene rings is 2. The average Bonchev–Trinajstić information content (AvgIpc) is 3.05. The van der Waals surface area contributed by atoms with Crippen molar-refractivity contribution in [2.24, 2.45) is 0 Å². The molecule has 5 heteroatoms. The highest BCUT2D eigenvalue weighted by molar-refractivity contribution is 6.33. The Morgan fingerprint density at radius 3 is 2.46 bits per heavy atom. The molecule has 2 N–H and O–H groups in total. The molecule has 0 saturated carbocycles. The van der Waals surface area contributed by atoms with E-state index in [0.717, 1.165) is 17.8 Å². The lowest BCUT2D eigenvalue weighted by Crippen LogP contribution is -2.20. The molecule has 1 aliphatic heterocycles. The summed E-state index contributed by atoms with van der Waals surface area (Å²) < 4.78 is 0. The predicted molar refractivity (Wildman–Crippen MR) is 99.8 cm³/mol. The molecular weight excluding hydrogens is 322 g/mol. The van der Waals surface area contributed by atoms with Crippen LogP contribution in [0.25, 0.3) is 0 Å². The van der Waals surface area contributed by atoms with Crippen molar-refractivity contribution >= 4 is 29.0 Å². The van der Waals surface area contributed by atoms with Crippen LogP contribution in [0.5, 0.6) is 0 Å². The third kappa shape index (κ3) is 4.49. The molecule has 0 radical (unpaired) electrons. The van der Waals surface area contributed by atoms with Crippen LogP contribution < -0.4 is 10.6 Å². The first-order valence-corrected chi connectivity index (χ1v) is 8.63. The van der Waals surface area contributed by atoms with Crippen LogP contribution in [0.2, 0.25) is 5.02 Å². The third-order valence-corrected chi connectivity index (χ3v) is 4.50. The molecule has 0 spiro atoms. The number of hydrogen-bond acceptors (Lipinski definition) is 2. The van der Waals surface area contributed by atoms with E-state index in [9.17, 15) is 4.79 Å². The summed E-state index contributed by atoms with van der Waals surface area (Å²) in [7, 11) is 0. The van der Waals surface area contributed by atoms with E-state index in [0.29, 0.717) is 10.7 Å². The fourth-order valence-corrected chi connectivity index (χ4v) is 3.18. The van der Waals surface area contributed by atoms with Crippen LogP contribution in [0, 0.1) is 6.92 Å². The molecule has 126 valence electrons. The molecular formula is C19H22ClN3O. The summed E-state index contributed by atoms with van der Waals surface area (Å²) in [6.07, 6.45) is 2.59. The van der Waals surface area contributed by atoms with Crippen molar-refractivity contribution in [3.63, 3.8) is 0 Å².